The number of nitrogens with zero attached hydrogens (tertiary/aromatic N) is 3. The van der Waals surface area contributed by atoms with Crippen molar-refractivity contribution in [1.29, 1.82) is 0 Å². The van der Waals surface area contributed by atoms with E-state index >= 15 is 0 Å². The molecule has 2 aromatic heterocycles. The number of rotatable bonds is 5. The molecule has 1 amide bonds. The molecule has 3 heterocycles. The number of aromatic nitrogens is 2. The molecule has 122 valence electrons. The third kappa shape index (κ3) is 4.41. The van der Waals surface area contributed by atoms with Gasteiger partial charge in [0.25, 0.3) is 0 Å². The van der Waals surface area contributed by atoms with Crippen LogP contribution in [0, 0.1) is 5.92 Å². The molecule has 1 aliphatic heterocycles. The normalized spacial score (nSPS) is 15.6. The average molecular weight is 331 g/mol. The summed E-state index contributed by atoms with van der Waals surface area (Å²) in [5, 5.41) is 5.06. The van der Waals surface area contributed by atoms with Crippen LogP contribution >= 0.6 is 11.3 Å². The predicted octanol–water partition coefficient (Wildman–Crippen LogP) is 1.70. The van der Waals surface area contributed by atoms with Crippen LogP contribution in [0.2, 0.25) is 0 Å². The molecule has 7 heteroatoms. The maximum atomic E-state index is 11.9. The van der Waals surface area contributed by atoms with E-state index in [2.05, 4.69) is 20.2 Å². The van der Waals surface area contributed by atoms with Gasteiger partial charge in [-0.2, -0.15) is 0 Å². The smallest absolute Gasteiger partial charge is 0.225 e. The maximum Gasteiger partial charge on any atom is 0.225 e. The van der Waals surface area contributed by atoms with E-state index in [-0.39, 0.29) is 5.91 Å². The van der Waals surface area contributed by atoms with Crippen molar-refractivity contribution >= 4 is 28.9 Å². The van der Waals surface area contributed by atoms with E-state index in [1.807, 2.05) is 23.6 Å². The molecule has 6 nitrogen and oxygen atoms in total. The lowest BCUT2D eigenvalue weighted by atomic mass is 9.96. The van der Waals surface area contributed by atoms with Crippen molar-refractivity contribution in [2.75, 3.05) is 30.3 Å². The number of piperidine rings is 1. The zero-order chi connectivity index (χ0) is 16.1. The van der Waals surface area contributed by atoms with Crippen LogP contribution in [0.5, 0.6) is 0 Å². The van der Waals surface area contributed by atoms with Crippen molar-refractivity contribution in [2.45, 2.75) is 19.3 Å². The van der Waals surface area contributed by atoms with Gasteiger partial charge in [0.15, 0.2) is 0 Å². The molecular weight excluding hydrogens is 310 g/mol. The highest BCUT2D eigenvalue weighted by molar-refractivity contribution is 7.10. The van der Waals surface area contributed by atoms with Crippen LogP contribution in [-0.4, -0.2) is 35.5 Å². The second-order valence-electron chi connectivity index (χ2n) is 5.79. The Morgan fingerprint density at radius 1 is 1.39 bits per heavy atom. The van der Waals surface area contributed by atoms with E-state index in [1.54, 1.807) is 11.3 Å². The Hall–Kier alpha value is -2.15. The highest BCUT2D eigenvalue weighted by Crippen LogP contribution is 2.21. The van der Waals surface area contributed by atoms with E-state index in [0.29, 0.717) is 18.2 Å². The van der Waals surface area contributed by atoms with Gasteiger partial charge in [0.1, 0.15) is 18.0 Å². The maximum absolute atomic E-state index is 11.9. The SMILES string of the molecule is Nc1cc(N2CCC(CNC(=O)Cc3cccs3)CC2)ncn1. The van der Waals surface area contributed by atoms with Gasteiger partial charge < -0.3 is 16.0 Å². The first kappa shape index (κ1) is 15.7. The Bertz CT molecular complexity index is 638. The third-order valence-corrected chi connectivity index (χ3v) is 4.99. The van der Waals surface area contributed by atoms with Crippen molar-refractivity contribution in [1.82, 2.24) is 15.3 Å². The molecule has 0 atom stereocenters. The van der Waals surface area contributed by atoms with Crippen molar-refractivity contribution in [2.24, 2.45) is 5.92 Å². The zero-order valence-electron chi connectivity index (χ0n) is 12.9. The topological polar surface area (TPSA) is 84.1 Å². The van der Waals surface area contributed by atoms with Gasteiger partial charge >= 0.3 is 0 Å². The molecule has 3 rings (SSSR count). The van der Waals surface area contributed by atoms with Gasteiger partial charge in [-0.1, -0.05) is 6.07 Å². The van der Waals surface area contributed by atoms with Crippen LogP contribution in [0.15, 0.2) is 29.9 Å². The monoisotopic (exact) mass is 331 g/mol. The fraction of sp³-hybridized carbons (Fsp3) is 0.438. The molecule has 0 radical (unpaired) electrons. The number of hydrogen-bond acceptors (Lipinski definition) is 6. The second-order valence-corrected chi connectivity index (χ2v) is 6.82. The molecule has 0 unspecified atom stereocenters. The summed E-state index contributed by atoms with van der Waals surface area (Å²) >= 11 is 1.62. The first-order chi connectivity index (χ1) is 11.2. The summed E-state index contributed by atoms with van der Waals surface area (Å²) < 4.78 is 0. The van der Waals surface area contributed by atoms with Crippen LogP contribution in [0.4, 0.5) is 11.6 Å². The van der Waals surface area contributed by atoms with Crippen molar-refractivity contribution in [3.63, 3.8) is 0 Å². The van der Waals surface area contributed by atoms with Gasteiger partial charge in [0.2, 0.25) is 5.91 Å². The molecule has 2 aromatic rings. The first-order valence-corrected chi connectivity index (χ1v) is 8.70. The lowest BCUT2D eigenvalue weighted by molar-refractivity contribution is -0.120. The Kier molecular flexibility index (Phi) is 5.07. The summed E-state index contributed by atoms with van der Waals surface area (Å²) in [7, 11) is 0. The second kappa shape index (κ2) is 7.41. The third-order valence-electron chi connectivity index (χ3n) is 4.12. The van der Waals surface area contributed by atoms with E-state index in [1.165, 1.54) is 6.33 Å². The molecule has 23 heavy (non-hydrogen) atoms. The van der Waals surface area contributed by atoms with Gasteiger partial charge in [-0.15, -0.1) is 11.3 Å². The Labute approximate surface area is 139 Å². The fourth-order valence-electron chi connectivity index (χ4n) is 2.79. The highest BCUT2D eigenvalue weighted by atomic mass is 32.1. The summed E-state index contributed by atoms with van der Waals surface area (Å²) in [6.07, 6.45) is 4.07. The zero-order valence-corrected chi connectivity index (χ0v) is 13.8. The van der Waals surface area contributed by atoms with Crippen LogP contribution in [0.3, 0.4) is 0 Å². The van der Waals surface area contributed by atoms with E-state index in [4.69, 9.17) is 5.73 Å². The van der Waals surface area contributed by atoms with E-state index < -0.39 is 0 Å². The largest absolute Gasteiger partial charge is 0.384 e. The van der Waals surface area contributed by atoms with Gasteiger partial charge in [-0.25, -0.2) is 9.97 Å². The van der Waals surface area contributed by atoms with Gasteiger partial charge in [0.05, 0.1) is 6.42 Å². The van der Waals surface area contributed by atoms with E-state index in [9.17, 15) is 4.79 Å². The van der Waals surface area contributed by atoms with Crippen LogP contribution < -0.4 is 16.0 Å². The van der Waals surface area contributed by atoms with Crippen molar-refractivity contribution in [3.8, 4) is 0 Å². The van der Waals surface area contributed by atoms with E-state index in [0.717, 1.165) is 43.2 Å². The molecule has 0 spiro atoms. The summed E-state index contributed by atoms with van der Waals surface area (Å²) in [5.41, 5.74) is 5.70. The molecule has 0 bridgehead atoms. The lowest BCUT2D eigenvalue weighted by Crippen LogP contribution is -2.39. The molecule has 1 saturated heterocycles. The summed E-state index contributed by atoms with van der Waals surface area (Å²) in [6.45, 7) is 2.62. The number of amides is 1. The van der Waals surface area contributed by atoms with Gasteiger partial charge in [-0.05, 0) is 30.2 Å². The predicted molar refractivity (Wildman–Crippen MR) is 92.4 cm³/mol. The number of hydrogen-bond donors (Lipinski definition) is 2. The highest BCUT2D eigenvalue weighted by Gasteiger charge is 2.20. The van der Waals surface area contributed by atoms with Crippen LogP contribution in [-0.2, 0) is 11.2 Å². The molecular formula is C16H21N5OS. The molecule has 0 saturated carbocycles. The molecule has 1 fully saturated rings. The lowest BCUT2D eigenvalue weighted by Gasteiger charge is -2.32. The molecule has 1 aliphatic rings. The first-order valence-electron chi connectivity index (χ1n) is 7.82. The quantitative estimate of drug-likeness (QED) is 0.871. The minimum absolute atomic E-state index is 0.110. The van der Waals surface area contributed by atoms with Crippen molar-refractivity contribution < 1.29 is 4.79 Å². The summed E-state index contributed by atoms with van der Waals surface area (Å²) in [6, 6.07) is 5.78. The fourth-order valence-corrected chi connectivity index (χ4v) is 3.50. The number of thiophene rings is 1. The molecule has 3 N–H and O–H groups in total. The number of carbonyl (C=O) groups is 1. The Morgan fingerprint density at radius 3 is 2.91 bits per heavy atom. The molecule has 0 aliphatic carbocycles. The number of nitrogens with one attached hydrogen (secondary N) is 1. The standard InChI is InChI=1S/C16H21N5OS/c17-14-9-15(20-11-19-14)21-5-3-12(4-6-21)10-18-16(22)8-13-2-1-7-23-13/h1-2,7,9,11-12H,3-6,8,10H2,(H,18,22)(H2,17,19,20). The summed E-state index contributed by atoms with van der Waals surface area (Å²) in [4.78, 5) is 23.5. The van der Waals surface area contributed by atoms with Crippen LogP contribution in [0.25, 0.3) is 0 Å². The molecule has 0 aromatic carbocycles. The van der Waals surface area contributed by atoms with Crippen LogP contribution in [0.1, 0.15) is 17.7 Å². The average Bonchev–Trinajstić information content (AvgIpc) is 3.06. The number of nitrogen functional groups attached to an aromatic ring is 1. The summed E-state index contributed by atoms with van der Waals surface area (Å²) in [5.74, 6) is 2.02. The Balaban J connectivity index is 1.41. The number of nitrogens with two attached hydrogens (primary N) is 1. The van der Waals surface area contributed by atoms with Gasteiger partial charge in [0, 0.05) is 30.6 Å². The Morgan fingerprint density at radius 2 is 2.22 bits per heavy atom. The minimum atomic E-state index is 0.110. The number of carbonyl (C=O) groups excluding carboxylic acids is 1. The number of anilines is 2. The van der Waals surface area contributed by atoms with Crippen molar-refractivity contribution in [3.05, 3.63) is 34.8 Å². The minimum Gasteiger partial charge on any atom is -0.384 e. The van der Waals surface area contributed by atoms with Gasteiger partial charge in [-0.3, -0.25) is 4.79 Å².